The Morgan fingerprint density at radius 3 is 2.77 bits per heavy atom. The summed E-state index contributed by atoms with van der Waals surface area (Å²) in [7, 11) is 0. The first kappa shape index (κ1) is 21.4. The number of thioether (sulfide) groups is 1. The van der Waals surface area contributed by atoms with Crippen LogP contribution in [0.5, 0.6) is 0 Å². The Balaban J connectivity index is 0.00000289. The Morgan fingerprint density at radius 1 is 1.32 bits per heavy atom. The normalized spacial score (nSPS) is 28.6. The molecule has 8 nitrogen and oxygen atoms in total. The van der Waals surface area contributed by atoms with E-state index < -0.39 is 40.9 Å². The zero-order valence-electron chi connectivity index (χ0n) is 17.3. The van der Waals surface area contributed by atoms with Crippen molar-refractivity contribution in [2.24, 2.45) is 5.92 Å². The fraction of sp³-hybridized carbons (Fsp3) is 0.455. The number of carbonyl (C=O) groups is 4. The Bertz CT molecular complexity index is 951. The van der Waals surface area contributed by atoms with Crippen LogP contribution >= 0.6 is 11.8 Å². The monoisotopic (exact) mass is 446 g/mol. The van der Waals surface area contributed by atoms with Gasteiger partial charge in [-0.25, -0.2) is 4.79 Å². The van der Waals surface area contributed by atoms with Gasteiger partial charge in [-0.15, -0.1) is 11.8 Å². The number of benzene rings is 1. The molecule has 0 radical (unpaired) electrons. The van der Waals surface area contributed by atoms with Crippen LogP contribution in [-0.4, -0.2) is 58.2 Å². The van der Waals surface area contributed by atoms with Gasteiger partial charge in [0.25, 0.3) is 11.6 Å². The summed E-state index contributed by atoms with van der Waals surface area (Å²) in [5.74, 6) is -2.04. The number of hydrogen-bond acceptors (Lipinski definition) is 7. The molecule has 2 amide bonds. The first-order chi connectivity index (χ1) is 14.8. The quantitative estimate of drug-likeness (QED) is 0.403. The lowest BCUT2D eigenvalue weighted by Gasteiger charge is -2.56. The second kappa shape index (κ2) is 8.37. The number of carbonyl (C=O) groups excluding carboxylic acids is 4. The van der Waals surface area contributed by atoms with E-state index in [1.54, 1.807) is 6.08 Å². The summed E-state index contributed by atoms with van der Waals surface area (Å²) in [6.07, 6.45) is 1.93. The zero-order valence-corrected chi connectivity index (χ0v) is 18.1. The summed E-state index contributed by atoms with van der Waals surface area (Å²) in [6, 6.07) is 8.45. The number of allylic oxidation sites excluding steroid dienone is 1. The van der Waals surface area contributed by atoms with E-state index >= 15 is 0 Å². The summed E-state index contributed by atoms with van der Waals surface area (Å²) in [6.45, 7) is 3.78. The molecule has 0 saturated carbocycles. The predicted octanol–water partition coefficient (Wildman–Crippen LogP) is 1.64. The maximum absolute atomic E-state index is 13.0. The number of β-lactam (4-membered cyclic amide) rings is 1. The van der Waals surface area contributed by atoms with Gasteiger partial charge in [0.05, 0.1) is 12.8 Å². The highest BCUT2D eigenvalue weighted by Gasteiger charge is 2.71. The Hall–Kier alpha value is -2.81. The van der Waals surface area contributed by atoms with E-state index in [0.717, 1.165) is 11.1 Å². The smallest absolute Gasteiger partial charge is 0.373 e. The number of rotatable bonds is 6. The number of esters is 2. The van der Waals surface area contributed by atoms with Crippen molar-refractivity contribution in [3.63, 3.8) is 0 Å². The molecule has 9 heteroatoms. The molecule has 1 aromatic carbocycles. The minimum Gasteiger partial charge on any atom is -0.457 e. The van der Waals surface area contributed by atoms with Crippen LogP contribution in [0.15, 0.2) is 42.0 Å². The number of fused-ring (bicyclic) bond motifs is 3. The third kappa shape index (κ3) is 3.82. The average Bonchev–Trinajstić information content (AvgIpc) is 3.07. The van der Waals surface area contributed by atoms with Crippen molar-refractivity contribution in [1.82, 2.24) is 10.2 Å². The van der Waals surface area contributed by atoms with Crippen molar-refractivity contribution in [3.8, 4) is 0 Å². The summed E-state index contributed by atoms with van der Waals surface area (Å²) < 4.78 is 10.8. The molecule has 3 fully saturated rings. The average molecular weight is 447 g/mol. The van der Waals surface area contributed by atoms with Gasteiger partial charge >= 0.3 is 11.9 Å². The van der Waals surface area contributed by atoms with Crippen LogP contribution in [0.4, 0.5) is 0 Å². The molecule has 1 unspecified atom stereocenters. The molecule has 31 heavy (non-hydrogen) atoms. The van der Waals surface area contributed by atoms with E-state index in [9.17, 15) is 19.2 Å². The minimum absolute atomic E-state index is 0. The lowest BCUT2D eigenvalue weighted by Crippen LogP contribution is -2.80. The van der Waals surface area contributed by atoms with Crippen molar-refractivity contribution in [1.29, 1.82) is 0 Å². The van der Waals surface area contributed by atoms with Crippen LogP contribution in [0, 0.1) is 5.92 Å². The van der Waals surface area contributed by atoms with Gasteiger partial charge in [-0.05, 0) is 25.5 Å². The van der Waals surface area contributed by atoms with E-state index in [0.29, 0.717) is 5.75 Å². The SMILES string of the molecule is CC(C)=CCOC(=O)[C@]12OC(=O)C[C@H]1CS[C@@H]1C(NC(=O)Cc3ccccc3)C(=O)N12.[HH]. The molecule has 3 aliphatic heterocycles. The zero-order chi connectivity index (χ0) is 22.2. The highest BCUT2D eigenvalue weighted by Crippen LogP contribution is 2.51. The van der Waals surface area contributed by atoms with Crippen LogP contribution in [0.25, 0.3) is 0 Å². The number of hydrogen-bond donors (Lipinski definition) is 1. The van der Waals surface area contributed by atoms with Crippen molar-refractivity contribution >= 4 is 35.5 Å². The number of nitrogens with one attached hydrogen (secondary N) is 1. The first-order valence-corrected chi connectivity index (χ1v) is 11.2. The predicted molar refractivity (Wildman–Crippen MR) is 115 cm³/mol. The van der Waals surface area contributed by atoms with Gasteiger partial charge in [0.2, 0.25) is 5.91 Å². The van der Waals surface area contributed by atoms with Gasteiger partial charge < -0.3 is 14.8 Å². The van der Waals surface area contributed by atoms with Crippen molar-refractivity contribution < 1.29 is 30.1 Å². The highest BCUT2D eigenvalue weighted by atomic mass is 32.2. The summed E-state index contributed by atoms with van der Waals surface area (Å²) >= 11 is 1.43. The van der Waals surface area contributed by atoms with Crippen molar-refractivity contribution in [2.75, 3.05) is 12.4 Å². The molecule has 0 spiro atoms. The van der Waals surface area contributed by atoms with Gasteiger partial charge in [-0.3, -0.25) is 19.3 Å². The van der Waals surface area contributed by atoms with Gasteiger partial charge in [-0.1, -0.05) is 35.9 Å². The summed E-state index contributed by atoms with van der Waals surface area (Å²) in [4.78, 5) is 51.9. The van der Waals surface area contributed by atoms with Gasteiger partial charge in [0.1, 0.15) is 18.0 Å². The number of ether oxygens (including phenoxy) is 2. The first-order valence-electron chi connectivity index (χ1n) is 10.1. The maximum atomic E-state index is 13.0. The molecular formula is C22H26N2O6S. The molecule has 1 aromatic rings. The molecule has 1 N–H and O–H groups in total. The Kier molecular flexibility index (Phi) is 5.79. The van der Waals surface area contributed by atoms with E-state index in [-0.39, 0.29) is 26.8 Å². The largest absolute Gasteiger partial charge is 0.457 e. The molecule has 0 bridgehead atoms. The molecule has 3 aliphatic rings. The van der Waals surface area contributed by atoms with Gasteiger partial charge in [0.15, 0.2) is 0 Å². The second-order valence-corrected chi connectivity index (χ2v) is 9.24. The van der Waals surface area contributed by atoms with Gasteiger partial charge in [0, 0.05) is 13.1 Å². The topological polar surface area (TPSA) is 102 Å². The molecule has 3 heterocycles. The third-order valence-corrected chi connectivity index (χ3v) is 7.05. The molecule has 166 valence electrons. The molecule has 4 rings (SSSR count). The van der Waals surface area contributed by atoms with Crippen molar-refractivity contribution in [3.05, 3.63) is 47.5 Å². The lowest BCUT2D eigenvalue weighted by atomic mass is 9.89. The minimum atomic E-state index is -1.75. The highest BCUT2D eigenvalue weighted by molar-refractivity contribution is 8.00. The van der Waals surface area contributed by atoms with Crippen LogP contribution in [0.3, 0.4) is 0 Å². The fourth-order valence-corrected chi connectivity index (χ4v) is 5.65. The Labute approximate surface area is 185 Å². The lowest BCUT2D eigenvalue weighted by molar-refractivity contribution is -0.218. The molecule has 0 aromatic heterocycles. The molecule has 3 saturated heterocycles. The van der Waals surface area contributed by atoms with Crippen LogP contribution in [0.2, 0.25) is 0 Å². The van der Waals surface area contributed by atoms with E-state index in [2.05, 4.69) is 5.32 Å². The summed E-state index contributed by atoms with van der Waals surface area (Å²) in [5.41, 5.74) is 0.0628. The van der Waals surface area contributed by atoms with Crippen LogP contribution in [0.1, 0.15) is 27.3 Å². The fourth-order valence-electron chi connectivity index (χ4n) is 4.09. The maximum Gasteiger partial charge on any atom is 0.373 e. The molecular weight excluding hydrogens is 420 g/mol. The van der Waals surface area contributed by atoms with Crippen molar-refractivity contribution in [2.45, 2.75) is 43.8 Å². The number of amides is 2. The van der Waals surface area contributed by atoms with E-state index in [1.165, 1.54) is 16.7 Å². The summed E-state index contributed by atoms with van der Waals surface area (Å²) in [5, 5.41) is 2.27. The third-order valence-electron chi connectivity index (χ3n) is 5.63. The second-order valence-electron chi connectivity index (χ2n) is 8.09. The van der Waals surface area contributed by atoms with Crippen LogP contribution < -0.4 is 5.32 Å². The van der Waals surface area contributed by atoms with Gasteiger partial charge in [-0.2, -0.15) is 0 Å². The Morgan fingerprint density at radius 2 is 2.06 bits per heavy atom. The van der Waals surface area contributed by atoms with Crippen LogP contribution in [-0.2, 0) is 35.1 Å². The van der Waals surface area contributed by atoms with E-state index in [4.69, 9.17) is 9.47 Å². The molecule has 0 aliphatic carbocycles. The molecule has 4 atom stereocenters. The standard InChI is InChI=1S/C22H24N2O6S.H2/c1-13(2)8-9-29-21(28)22-15(11-17(26)30-22)12-31-20-18(19(27)24(20)22)23-16(25)10-14-6-4-3-5-7-14;/h3-8,15,18,20H,9-12H2,1-2H3,(H,23,25);1H/t15-,18?,20+,22+;/m0./s1. The number of nitrogens with zero attached hydrogens (tertiary/aromatic N) is 1. The van der Waals surface area contributed by atoms with E-state index in [1.807, 2.05) is 44.2 Å².